The van der Waals surface area contributed by atoms with Crippen LogP contribution in [0.4, 0.5) is 11.4 Å². The van der Waals surface area contributed by atoms with Crippen molar-refractivity contribution in [3.8, 4) is 5.75 Å². The molecule has 0 aromatic heterocycles. The van der Waals surface area contributed by atoms with Gasteiger partial charge in [-0.25, -0.2) is 10.2 Å². The topological polar surface area (TPSA) is 140 Å². The first-order valence-electron chi connectivity index (χ1n) is 12.4. The van der Waals surface area contributed by atoms with Crippen molar-refractivity contribution in [2.24, 2.45) is 5.10 Å². The molecule has 210 valence electrons. The van der Waals surface area contributed by atoms with Crippen LogP contribution in [0.5, 0.6) is 5.75 Å². The first-order valence-corrected chi connectivity index (χ1v) is 12.8. The smallest absolute Gasteiger partial charge is 0.336 e. The number of anilines is 1. The number of carbonyl (C=O) groups excluding carboxylic acids is 3. The fourth-order valence-corrected chi connectivity index (χ4v) is 3.82. The van der Waals surface area contributed by atoms with Gasteiger partial charge in [0, 0.05) is 39.5 Å². The van der Waals surface area contributed by atoms with Gasteiger partial charge >= 0.3 is 11.7 Å². The number of hydrazone groups is 1. The van der Waals surface area contributed by atoms with E-state index in [2.05, 4.69) is 15.8 Å². The maximum absolute atomic E-state index is 12.6. The Kier molecular flexibility index (Phi) is 9.54. The van der Waals surface area contributed by atoms with Crippen molar-refractivity contribution >= 4 is 53.0 Å². The molecule has 0 saturated carbocycles. The maximum Gasteiger partial charge on any atom is 0.336 e. The molecule has 0 aliphatic carbocycles. The summed E-state index contributed by atoms with van der Waals surface area (Å²) in [5, 5.41) is 18.7. The zero-order chi connectivity index (χ0) is 30.1. The van der Waals surface area contributed by atoms with Gasteiger partial charge in [0.2, 0.25) is 5.75 Å². The van der Waals surface area contributed by atoms with Crippen LogP contribution in [0.2, 0.25) is 5.02 Å². The normalized spacial score (nSPS) is 10.9. The van der Waals surface area contributed by atoms with Crippen LogP contribution in [-0.4, -0.2) is 28.9 Å². The number of ether oxygens (including phenoxy) is 1. The van der Waals surface area contributed by atoms with Crippen molar-refractivity contribution in [3.05, 3.63) is 140 Å². The average Bonchev–Trinajstić information content (AvgIpc) is 2.97. The van der Waals surface area contributed by atoms with Crippen molar-refractivity contribution in [3.63, 3.8) is 0 Å². The van der Waals surface area contributed by atoms with Crippen molar-refractivity contribution in [1.82, 2.24) is 5.43 Å². The van der Waals surface area contributed by atoms with Gasteiger partial charge in [-0.1, -0.05) is 47.5 Å². The van der Waals surface area contributed by atoms with Crippen LogP contribution in [0.3, 0.4) is 0 Å². The van der Waals surface area contributed by atoms with E-state index >= 15 is 0 Å². The Bertz CT molecular complexity index is 1700. The van der Waals surface area contributed by atoms with Gasteiger partial charge in [-0.3, -0.25) is 19.7 Å². The molecule has 0 fully saturated rings. The molecule has 11 heteroatoms. The molecule has 0 spiro atoms. The van der Waals surface area contributed by atoms with E-state index in [4.69, 9.17) is 16.3 Å². The predicted molar refractivity (Wildman–Crippen MR) is 160 cm³/mol. The van der Waals surface area contributed by atoms with Crippen LogP contribution < -0.4 is 15.5 Å². The second-order valence-corrected chi connectivity index (χ2v) is 9.30. The monoisotopic (exact) mass is 582 g/mol. The van der Waals surface area contributed by atoms with Gasteiger partial charge in [0.25, 0.3) is 11.8 Å². The minimum absolute atomic E-state index is 0.0898. The lowest BCUT2D eigenvalue weighted by Crippen LogP contribution is -2.18. The fourth-order valence-electron chi connectivity index (χ4n) is 3.69. The summed E-state index contributed by atoms with van der Waals surface area (Å²) in [6.07, 6.45) is 3.73. The van der Waals surface area contributed by atoms with E-state index in [1.54, 1.807) is 54.6 Å². The summed E-state index contributed by atoms with van der Waals surface area (Å²) in [4.78, 5) is 48.3. The molecule has 42 heavy (non-hydrogen) atoms. The number of para-hydroxylation sites is 1. The van der Waals surface area contributed by atoms with E-state index in [9.17, 15) is 24.5 Å². The highest BCUT2D eigenvalue weighted by atomic mass is 35.5. The number of nitro groups is 1. The fraction of sp³-hybridized carbons (Fsp3) is 0.0323. The molecule has 0 saturated heterocycles. The molecule has 0 radical (unpaired) electrons. The molecule has 4 aromatic carbocycles. The van der Waals surface area contributed by atoms with E-state index in [0.29, 0.717) is 21.8 Å². The second kappa shape index (κ2) is 13.6. The Hall–Kier alpha value is -5.61. The minimum atomic E-state index is -0.854. The van der Waals surface area contributed by atoms with Crippen molar-refractivity contribution in [1.29, 1.82) is 0 Å². The number of nitro benzene ring substituents is 1. The second-order valence-electron chi connectivity index (χ2n) is 8.86. The standard InChI is InChI=1S/C31H23ClN4O6/c1-20-4-2-5-23(18-20)30(38)34-26-15-11-22(12-16-26)31(39)35-33-19-24-6-3-7-27(36(40)41)29(24)42-28(37)17-10-21-8-13-25(32)14-9-21/h2-19H,1H3,(H,34,38)(H,35,39)/b17-10+,33-19+. The van der Waals surface area contributed by atoms with Crippen molar-refractivity contribution in [2.75, 3.05) is 5.32 Å². The molecule has 2 N–H and O–H groups in total. The Morgan fingerprint density at radius 1 is 0.905 bits per heavy atom. The van der Waals surface area contributed by atoms with Crippen LogP contribution >= 0.6 is 11.6 Å². The molecule has 0 aliphatic rings. The van der Waals surface area contributed by atoms with Crippen molar-refractivity contribution < 1.29 is 24.0 Å². The van der Waals surface area contributed by atoms with E-state index in [-0.39, 0.29) is 22.8 Å². The molecule has 4 aromatic rings. The van der Waals surface area contributed by atoms with E-state index in [1.165, 1.54) is 36.4 Å². The highest BCUT2D eigenvalue weighted by Crippen LogP contribution is 2.30. The number of aryl methyl sites for hydroxylation is 1. The molecule has 4 rings (SSSR count). The molecule has 0 unspecified atom stereocenters. The highest BCUT2D eigenvalue weighted by Gasteiger charge is 2.20. The van der Waals surface area contributed by atoms with Crippen LogP contribution in [0.1, 0.15) is 37.4 Å². The number of hydrogen-bond acceptors (Lipinski definition) is 7. The first kappa shape index (κ1) is 29.4. The first-order chi connectivity index (χ1) is 20.2. The number of amides is 2. The molecule has 2 amide bonds. The molecule has 0 bridgehead atoms. The third kappa shape index (κ3) is 7.96. The van der Waals surface area contributed by atoms with Crippen LogP contribution in [0, 0.1) is 17.0 Å². The van der Waals surface area contributed by atoms with Gasteiger partial charge < -0.3 is 10.1 Å². The van der Waals surface area contributed by atoms with Gasteiger partial charge in [0.05, 0.1) is 11.1 Å². The number of halogens is 1. The van der Waals surface area contributed by atoms with Gasteiger partial charge in [0.15, 0.2) is 0 Å². The number of nitrogens with zero attached hydrogens (tertiary/aromatic N) is 2. The average molecular weight is 583 g/mol. The Labute approximate surface area is 245 Å². The predicted octanol–water partition coefficient (Wildman–Crippen LogP) is 6.19. The van der Waals surface area contributed by atoms with Gasteiger partial charge in [-0.15, -0.1) is 0 Å². The lowest BCUT2D eigenvalue weighted by Gasteiger charge is -2.07. The molecule has 0 aliphatic heterocycles. The van der Waals surface area contributed by atoms with E-state index < -0.39 is 22.5 Å². The molecule has 10 nitrogen and oxygen atoms in total. The molecule has 0 atom stereocenters. The largest absolute Gasteiger partial charge is 0.415 e. The Balaban J connectivity index is 1.41. The van der Waals surface area contributed by atoms with E-state index in [0.717, 1.165) is 17.9 Å². The summed E-state index contributed by atoms with van der Waals surface area (Å²) < 4.78 is 5.28. The summed E-state index contributed by atoms with van der Waals surface area (Å²) in [5.74, 6) is -2.04. The lowest BCUT2D eigenvalue weighted by atomic mass is 10.1. The maximum atomic E-state index is 12.6. The third-order valence-electron chi connectivity index (χ3n) is 5.76. The molecular weight excluding hydrogens is 560 g/mol. The Morgan fingerprint density at radius 3 is 2.31 bits per heavy atom. The number of carbonyl (C=O) groups is 3. The Morgan fingerprint density at radius 2 is 1.62 bits per heavy atom. The van der Waals surface area contributed by atoms with Gasteiger partial charge in [-0.05, 0) is 73.2 Å². The number of esters is 1. The summed E-state index contributed by atoms with van der Waals surface area (Å²) >= 11 is 5.86. The zero-order valence-electron chi connectivity index (χ0n) is 22.1. The third-order valence-corrected chi connectivity index (χ3v) is 6.01. The zero-order valence-corrected chi connectivity index (χ0v) is 22.9. The lowest BCUT2D eigenvalue weighted by molar-refractivity contribution is -0.385. The van der Waals surface area contributed by atoms with Crippen LogP contribution in [0.15, 0.2) is 102 Å². The van der Waals surface area contributed by atoms with E-state index in [1.807, 2.05) is 13.0 Å². The van der Waals surface area contributed by atoms with Gasteiger partial charge in [-0.2, -0.15) is 5.10 Å². The number of hydrogen-bond donors (Lipinski definition) is 2. The summed E-state index contributed by atoms with van der Waals surface area (Å²) in [5.41, 5.74) is 4.84. The summed E-state index contributed by atoms with van der Waals surface area (Å²) in [7, 11) is 0. The molecular formula is C31H23ClN4O6. The SMILES string of the molecule is Cc1cccc(C(=O)Nc2ccc(C(=O)N/N=C/c3cccc([N+](=O)[O-])c3OC(=O)/C=C/c3ccc(Cl)cc3)cc2)c1. The van der Waals surface area contributed by atoms with Crippen LogP contribution in [0.25, 0.3) is 6.08 Å². The van der Waals surface area contributed by atoms with Gasteiger partial charge in [0.1, 0.15) is 0 Å². The quantitative estimate of drug-likeness (QED) is 0.0602. The number of nitrogens with one attached hydrogen (secondary N) is 2. The van der Waals surface area contributed by atoms with Crippen LogP contribution in [-0.2, 0) is 4.79 Å². The number of rotatable bonds is 9. The summed E-state index contributed by atoms with van der Waals surface area (Å²) in [6, 6.07) is 24.0. The highest BCUT2D eigenvalue weighted by molar-refractivity contribution is 6.30. The number of benzene rings is 4. The minimum Gasteiger partial charge on any atom is -0.415 e. The summed E-state index contributed by atoms with van der Waals surface area (Å²) in [6.45, 7) is 1.89. The molecule has 0 heterocycles. The van der Waals surface area contributed by atoms with Crippen molar-refractivity contribution in [2.45, 2.75) is 6.92 Å².